The second-order valence-corrected chi connectivity index (χ2v) is 8.26. The van der Waals surface area contributed by atoms with Gasteiger partial charge in [-0.25, -0.2) is 0 Å². The molecule has 156 valence electrons. The van der Waals surface area contributed by atoms with Crippen LogP contribution in [0.2, 0.25) is 0 Å². The van der Waals surface area contributed by atoms with E-state index in [9.17, 15) is 4.79 Å². The predicted molar refractivity (Wildman–Crippen MR) is 117 cm³/mol. The van der Waals surface area contributed by atoms with E-state index in [1.54, 1.807) is 0 Å². The Bertz CT molecular complexity index is 1030. The van der Waals surface area contributed by atoms with Gasteiger partial charge in [0.2, 0.25) is 5.91 Å². The fraction of sp³-hybridized carbons (Fsp3) is 0.375. The number of piperidine rings is 1. The fourth-order valence-corrected chi connectivity index (χ4v) is 3.93. The number of amides is 1. The first-order valence-electron chi connectivity index (χ1n) is 10.5. The number of carbonyl (C=O) groups is 1. The number of nitrogens with one attached hydrogen (secondary N) is 1. The Morgan fingerprint density at radius 1 is 1.13 bits per heavy atom. The number of aromatic nitrogens is 2. The summed E-state index contributed by atoms with van der Waals surface area (Å²) in [4.78, 5) is 19.6. The van der Waals surface area contributed by atoms with E-state index in [0.29, 0.717) is 24.8 Å². The minimum absolute atomic E-state index is 0.0390. The van der Waals surface area contributed by atoms with E-state index in [-0.39, 0.29) is 11.8 Å². The number of aryl methyl sites for hydroxylation is 3. The lowest BCUT2D eigenvalue weighted by Crippen LogP contribution is -2.40. The Hall–Kier alpha value is -2.99. The highest BCUT2D eigenvalue weighted by Crippen LogP contribution is 2.23. The summed E-state index contributed by atoms with van der Waals surface area (Å²) in [5, 5.41) is 7.24. The molecule has 4 rings (SSSR count). The van der Waals surface area contributed by atoms with Crippen molar-refractivity contribution in [2.75, 3.05) is 18.4 Å². The Balaban J connectivity index is 1.37. The number of rotatable bonds is 5. The smallest absolute Gasteiger partial charge is 0.257 e. The molecule has 2 aromatic carbocycles. The molecule has 0 aliphatic carbocycles. The third kappa shape index (κ3) is 4.76. The summed E-state index contributed by atoms with van der Waals surface area (Å²) in [5.74, 6) is 1.23. The molecule has 1 aliphatic rings. The van der Waals surface area contributed by atoms with Crippen LogP contribution in [0.3, 0.4) is 0 Å². The number of nitrogens with zero attached hydrogens (tertiary/aromatic N) is 3. The van der Waals surface area contributed by atoms with Crippen molar-refractivity contribution in [2.45, 2.75) is 40.2 Å². The molecule has 6 nitrogen and oxygen atoms in total. The van der Waals surface area contributed by atoms with Crippen LogP contribution in [0, 0.1) is 26.7 Å². The summed E-state index contributed by atoms with van der Waals surface area (Å²) in [5.41, 5.74) is 5.29. The molecule has 6 heteroatoms. The lowest BCUT2D eigenvalue weighted by molar-refractivity contribution is -0.121. The Labute approximate surface area is 177 Å². The predicted octanol–water partition coefficient (Wildman–Crippen LogP) is 4.51. The highest BCUT2D eigenvalue weighted by Gasteiger charge is 2.27. The summed E-state index contributed by atoms with van der Waals surface area (Å²) in [6.07, 6.45) is 1.88. The van der Waals surface area contributed by atoms with Crippen LogP contribution in [0.1, 0.15) is 35.4 Å². The topological polar surface area (TPSA) is 71.3 Å². The maximum atomic E-state index is 12.8. The highest BCUT2D eigenvalue weighted by atomic mass is 16.5. The highest BCUT2D eigenvalue weighted by molar-refractivity contribution is 5.93. The lowest BCUT2D eigenvalue weighted by atomic mass is 9.96. The number of benzene rings is 2. The molecule has 0 bridgehead atoms. The van der Waals surface area contributed by atoms with Crippen LogP contribution < -0.4 is 5.32 Å². The van der Waals surface area contributed by atoms with Gasteiger partial charge in [-0.3, -0.25) is 9.69 Å². The van der Waals surface area contributed by atoms with E-state index in [1.807, 2.05) is 50.2 Å². The van der Waals surface area contributed by atoms with Crippen LogP contribution in [0.15, 0.2) is 47.0 Å². The van der Waals surface area contributed by atoms with Crippen molar-refractivity contribution in [3.05, 3.63) is 65.0 Å². The Morgan fingerprint density at radius 3 is 2.67 bits per heavy atom. The molecule has 3 aromatic rings. The molecule has 2 heterocycles. The van der Waals surface area contributed by atoms with Gasteiger partial charge >= 0.3 is 0 Å². The van der Waals surface area contributed by atoms with Crippen LogP contribution >= 0.6 is 0 Å². The quantitative estimate of drug-likeness (QED) is 0.677. The van der Waals surface area contributed by atoms with Crippen LogP contribution in [0.5, 0.6) is 0 Å². The van der Waals surface area contributed by atoms with Gasteiger partial charge in [0, 0.05) is 17.8 Å². The average molecular weight is 405 g/mol. The van der Waals surface area contributed by atoms with E-state index in [2.05, 4.69) is 33.3 Å². The first-order valence-corrected chi connectivity index (χ1v) is 10.5. The van der Waals surface area contributed by atoms with Crippen molar-refractivity contribution in [1.82, 2.24) is 15.0 Å². The van der Waals surface area contributed by atoms with E-state index in [0.717, 1.165) is 36.2 Å². The molecule has 1 N–H and O–H groups in total. The normalized spacial score (nSPS) is 17.1. The minimum atomic E-state index is -0.0390. The van der Waals surface area contributed by atoms with Crippen molar-refractivity contribution < 1.29 is 9.32 Å². The van der Waals surface area contributed by atoms with Crippen molar-refractivity contribution in [3.63, 3.8) is 0 Å². The average Bonchev–Trinajstić information content (AvgIpc) is 3.19. The van der Waals surface area contributed by atoms with Gasteiger partial charge in [-0.1, -0.05) is 40.5 Å². The van der Waals surface area contributed by atoms with Gasteiger partial charge in [-0.05, 0) is 63.9 Å². The van der Waals surface area contributed by atoms with Crippen molar-refractivity contribution >= 4 is 11.6 Å². The summed E-state index contributed by atoms with van der Waals surface area (Å²) in [6, 6.07) is 14.1. The maximum absolute atomic E-state index is 12.8. The standard InChI is InChI=1S/C24H28N4O2/c1-16-6-9-19(10-7-16)24-26-22(27-30-24)15-28-12-4-5-20(14-28)23(29)25-21-11-8-17(2)13-18(21)3/h6-11,13,20H,4-5,12,14-15H2,1-3H3,(H,25,29)/t20-/m1/s1. The van der Waals surface area contributed by atoms with Crippen LogP contribution in [-0.2, 0) is 11.3 Å². The van der Waals surface area contributed by atoms with Crippen molar-refractivity contribution in [2.24, 2.45) is 5.92 Å². The monoisotopic (exact) mass is 404 g/mol. The third-order valence-electron chi connectivity index (χ3n) is 5.65. The van der Waals surface area contributed by atoms with Gasteiger partial charge < -0.3 is 9.84 Å². The van der Waals surface area contributed by atoms with E-state index in [1.165, 1.54) is 11.1 Å². The summed E-state index contributed by atoms with van der Waals surface area (Å²) < 4.78 is 5.44. The zero-order valence-electron chi connectivity index (χ0n) is 17.8. The minimum Gasteiger partial charge on any atom is -0.334 e. The summed E-state index contributed by atoms with van der Waals surface area (Å²) in [6.45, 7) is 8.35. The molecule has 1 saturated heterocycles. The molecule has 30 heavy (non-hydrogen) atoms. The van der Waals surface area contributed by atoms with Crippen molar-refractivity contribution in [1.29, 1.82) is 0 Å². The van der Waals surface area contributed by atoms with E-state index < -0.39 is 0 Å². The first kappa shape index (κ1) is 20.3. The van der Waals surface area contributed by atoms with Crippen LogP contribution in [-0.4, -0.2) is 34.0 Å². The molecule has 0 unspecified atom stereocenters. The second-order valence-electron chi connectivity index (χ2n) is 8.26. The third-order valence-corrected chi connectivity index (χ3v) is 5.65. The number of hydrogen-bond acceptors (Lipinski definition) is 5. The van der Waals surface area contributed by atoms with Gasteiger partial charge in [0.25, 0.3) is 5.89 Å². The number of likely N-dealkylation sites (tertiary alicyclic amines) is 1. The van der Waals surface area contributed by atoms with Crippen LogP contribution in [0.4, 0.5) is 5.69 Å². The van der Waals surface area contributed by atoms with Gasteiger partial charge in [-0.15, -0.1) is 0 Å². The molecule has 0 spiro atoms. The Kier molecular flexibility index (Phi) is 5.95. The van der Waals surface area contributed by atoms with Gasteiger partial charge in [0.1, 0.15) is 0 Å². The summed E-state index contributed by atoms with van der Waals surface area (Å²) >= 11 is 0. The second kappa shape index (κ2) is 8.79. The zero-order valence-corrected chi connectivity index (χ0v) is 17.8. The number of hydrogen-bond donors (Lipinski definition) is 1. The molecule has 1 fully saturated rings. The van der Waals surface area contributed by atoms with Crippen LogP contribution in [0.25, 0.3) is 11.5 Å². The SMILES string of the molecule is Cc1ccc(-c2nc(CN3CCC[C@@H](C(=O)Nc4ccc(C)cc4C)C3)no2)cc1. The van der Waals surface area contributed by atoms with Gasteiger partial charge in [0.05, 0.1) is 12.5 Å². The maximum Gasteiger partial charge on any atom is 0.257 e. The largest absolute Gasteiger partial charge is 0.334 e. The summed E-state index contributed by atoms with van der Waals surface area (Å²) in [7, 11) is 0. The zero-order chi connectivity index (χ0) is 21.1. The van der Waals surface area contributed by atoms with E-state index >= 15 is 0 Å². The molecule has 0 saturated carbocycles. The Morgan fingerprint density at radius 2 is 1.90 bits per heavy atom. The molecule has 1 amide bonds. The number of carbonyl (C=O) groups excluding carboxylic acids is 1. The molecular formula is C24H28N4O2. The van der Waals surface area contributed by atoms with E-state index in [4.69, 9.17) is 4.52 Å². The number of anilines is 1. The molecule has 1 aliphatic heterocycles. The van der Waals surface area contributed by atoms with Gasteiger partial charge in [-0.2, -0.15) is 4.98 Å². The molecule has 1 aromatic heterocycles. The molecule has 0 radical (unpaired) electrons. The van der Waals surface area contributed by atoms with Crippen molar-refractivity contribution in [3.8, 4) is 11.5 Å². The first-order chi connectivity index (χ1) is 14.5. The molecular weight excluding hydrogens is 376 g/mol. The van der Waals surface area contributed by atoms with Gasteiger partial charge in [0.15, 0.2) is 5.82 Å². The lowest BCUT2D eigenvalue weighted by Gasteiger charge is -2.31. The molecule has 1 atom stereocenters. The fourth-order valence-electron chi connectivity index (χ4n) is 3.93.